The third-order valence-corrected chi connectivity index (χ3v) is 3.84. The van der Waals surface area contributed by atoms with Gasteiger partial charge in [-0.25, -0.2) is 0 Å². The van der Waals surface area contributed by atoms with E-state index in [-0.39, 0.29) is 5.41 Å². The van der Waals surface area contributed by atoms with Gasteiger partial charge < -0.3 is 4.90 Å². The van der Waals surface area contributed by atoms with Crippen LogP contribution in [0.1, 0.15) is 39.2 Å². The number of hydrogen-bond acceptors (Lipinski definition) is 2. The monoisotopic (exact) mass is 247 g/mol. The first-order valence-corrected chi connectivity index (χ1v) is 6.90. The molecule has 1 fully saturated rings. The van der Waals surface area contributed by atoms with Gasteiger partial charge in [0.2, 0.25) is 0 Å². The second-order valence-electron chi connectivity index (χ2n) is 4.81. The minimum Gasteiger partial charge on any atom is -0.306 e. The Morgan fingerprint density at radius 3 is 2.06 bits per heavy atom. The van der Waals surface area contributed by atoms with E-state index in [1.54, 1.807) is 6.92 Å². The van der Waals surface area contributed by atoms with Crippen LogP contribution in [0.25, 0.3) is 0 Å². The Morgan fingerprint density at radius 2 is 1.61 bits per heavy atom. The molecule has 100 valence electrons. The van der Waals surface area contributed by atoms with Gasteiger partial charge in [0.15, 0.2) is 0 Å². The van der Waals surface area contributed by atoms with Gasteiger partial charge >= 0.3 is 0 Å². The van der Waals surface area contributed by atoms with Gasteiger partial charge in [0, 0.05) is 0 Å². The molecule has 1 aliphatic heterocycles. The number of nitrogens with zero attached hydrogens (tertiary/aromatic N) is 1. The summed E-state index contributed by atoms with van der Waals surface area (Å²) in [5.41, 5.74) is 0.962. The highest BCUT2D eigenvalue weighted by Gasteiger charge is 2.39. The molecule has 1 aliphatic rings. The van der Waals surface area contributed by atoms with Gasteiger partial charge in [0.1, 0.15) is 5.78 Å². The van der Waals surface area contributed by atoms with Crippen molar-refractivity contribution in [3.05, 3.63) is 35.9 Å². The zero-order valence-electron chi connectivity index (χ0n) is 12.1. The Labute approximate surface area is 111 Å². The molecule has 0 bridgehead atoms. The fraction of sp³-hybridized carbons (Fsp3) is 0.562. The number of Topliss-reactive ketones (excluding diaryl/α,β-unsaturated/α-hetero) is 1. The molecule has 0 aliphatic carbocycles. The molecule has 18 heavy (non-hydrogen) atoms. The Balaban J connectivity index is 0.000000771. The van der Waals surface area contributed by atoms with Crippen LogP contribution in [0, 0.1) is 0 Å². The molecule has 0 aromatic heterocycles. The van der Waals surface area contributed by atoms with Crippen molar-refractivity contribution in [3.63, 3.8) is 0 Å². The second-order valence-corrected chi connectivity index (χ2v) is 4.81. The molecule has 1 heterocycles. The van der Waals surface area contributed by atoms with E-state index in [0.29, 0.717) is 5.78 Å². The molecule has 0 N–H and O–H groups in total. The van der Waals surface area contributed by atoms with Crippen molar-refractivity contribution in [2.45, 2.75) is 39.0 Å². The van der Waals surface area contributed by atoms with Crippen molar-refractivity contribution >= 4 is 5.78 Å². The Bertz CT molecular complexity index is 364. The highest BCUT2D eigenvalue weighted by atomic mass is 16.1. The second kappa shape index (κ2) is 6.69. The average molecular weight is 247 g/mol. The van der Waals surface area contributed by atoms with Gasteiger partial charge in [-0.05, 0) is 45.5 Å². The fourth-order valence-corrected chi connectivity index (χ4v) is 2.60. The first-order valence-electron chi connectivity index (χ1n) is 6.90. The lowest BCUT2D eigenvalue weighted by Gasteiger charge is -2.39. The smallest absolute Gasteiger partial charge is 0.140 e. The molecular weight excluding hydrogens is 222 g/mol. The van der Waals surface area contributed by atoms with Crippen LogP contribution in [0.4, 0.5) is 0 Å². The Morgan fingerprint density at radius 1 is 1.11 bits per heavy atom. The maximum Gasteiger partial charge on any atom is 0.140 e. The largest absolute Gasteiger partial charge is 0.306 e. The summed E-state index contributed by atoms with van der Waals surface area (Å²) in [6.45, 7) is 7.75. The summed E-state index contributed by atoms with van der Waals surface area (Å²) in [5, 5.41) is 0. The molecule has 1 aromatic carbocycles. The van der Waals surface area contributed by atoms with E-state index in [0.717, 1.165) is 25.9 Å². The van der Waals surface area contributed by atoms with Gasteiger partial charge in [0.25, 0.3) is 0 Å². The normalized spacial score (nSPS) is 18.7. The van der Waals surface area contributed by atoms with Crippen molar-refractivity contribution in [2.24, 2.45) is 0 Å². The highest BCUT2D eigenvalue weighted by Crippen LogP contribution is 2.35. The number of carbonyl (C=O) groups excluding carboxylic acids is 1. The van der Waals surface area contributed by atoms with Crippen molar-refractivity contribution in [1.82, 2.24) is 4.90 Å². The topological polar surface area (TPSA) is 20.3 Å². The van der Waals surface area contributed by atoms with Crippen molar-refractivity contribution in [2.75, 3.05) is 20.1 Å². The lowest BCUT2D eigenvalue weighted by molar-refractivity contribution is -0.124. The van der Waals surface area contributed by atoms with Crippen LogP contribution in [-0.4, -0.2) is 30.8 Å². The number of likely N-dealkylation sites (tertiary alicyclic amines) is 1. The van der Waals surface area contributed by atoms with Gasteiger partial charge in [-0.1, -0.05) is 44.2 Å². The molecule has 0 radical (unpaired) electrons. The minimum atomic E-state index is -0.228. The number of benzene rings is 1. The molecule has 0 unspecified atom stereocenters. The molecule has 0 saturated carbocycles. The van der Waals surface area contributed by atoms with Gasteiger partial charge in [-0.3, -0.25) is 4.79 Å². The van der Waals surface area contributed by atoms with Gasteiger partial charge in [-0.15, -0.1) is 0 Å². The standard InChI is InChI=1S/C14H19NO.C2H6/c1-12(16)14(8-10-15(2)11-9-14)13-6-4-3-5-7-13;1-2/h3-7H,8-11H2,1-2H3;1-2H3. The van der Waals surface area contributed by atoms with E-state index in [2.05, 4.69) is 24.1 Å². The first-order chi connectivity index (χ1) is 8.65. The maximum absolute atomic E-state index is 12.0. The molecule has 0 atom stereocenters. The van der Waals surface area contributed by atoms with Crippen molar-refractivity contribution in [3.8, 4) is 0 Å². The molecule has 1 aromatic rings. The summed E-state index contributed by atoms with van der Waals surface area (Å²) in [7, 11) is 2.12. The summed E-state index contributed by atoms with van der Waals surface area (Å²) in [4.78, 5) is 14.3. The van der Waals surface area contributed by atoms with Crippen LogP contribution >= 0.6 is 0 Å². The quantitative estimate of drug-likeness (QED) is 0.799. The molecule has 0 spiro atoms. The molecule has 2 heteroatoms. The zero-order chi connectivity index (χ0) is 13.6. The zero-order valence-corrected chi connectivity index (χ0v) is 12.1. The number of hydrogen-bond donors (Lipinski definition) is 0. The molecule has 2 nitrogen and oxygen atoms in total. The summed E-state index contributed by atoms with van der Waals surface area (Å²) in [6, 6.07) is 10.2. The number of ketones is 1. The van der Waals surface area contributed by atoms with E-state index >= 15 is 0 Å². The first kappa shape index (κ1) is 14.9. The Kier molecular flexibility index (Phi) is 5.54. The van der Waals surface area contributed by atoms with Crippen LogP contribution < -0.4 is 0 Å². The predicted molar refractivity (Wildman–Crippen MR) is 76.9 cm³/mol. The molecule has 1 saturated heterocycles. The van der Waals surface area contributed by atoms with Crippen LogP contribution in [0.3, 0.4) is 0 Å². The van der Waals surface area contributed by atoms with E-state index in [4.69, 9.17) is 0 Å². The molecule has 0 amide bonds. The van der Waals surface area contributed by atoms with Crippen LogP contribution in [0.2, 0.25) is 0 Å². The average Bonchev–Trinajstić information content (AvgIpc) is 2.43. The van der Waals surface area contributed by atoms with Crippen LogP contribution in [0.15, 0.2) is 30.3 Å². The van der Waals surface area contributed by atoms with Gasteiger partial charge in [0.05, 0.1) is 5.41 Å². The molecule has 2 rings (SSSR count). The van der Waals surface area contributed by atoms with Crippen molar-refractivity contribution in [1.29, 1.82) is 0 Å². The fourth-order valence-electron chi connectivity index (χ4n) is 2.60. The van der Waals surface area contributed by atoms with E-state index < -0.39 is 0 Å². The summed E-state index contributed by atoms with van der Waals surface area (Å²) in [5.74, 6) is 0.312. The predicted octanol–water partition coefficient (Wildman–Crippen LogP) is 3.27. The lowest BCUT2D eigenvalue weighted by atomic mass is 9.70. The summed E-state index contributed by atoms with van der Waals surface area (Å²) >= 11 is 0. The summed E-state index contributed by atoms with van der Waals surface area (Å²) < 4.78 is 0. The third-order valence-electron chi connectivity index (χ3n) is 3.84. The number of carbonyl (C=O) groups is 1. The SMILES string of the molecule is CC.CC(=O)C1(c2ccccc2)CCN(C)CC1. The van der Waals surface area contributed by atoms with E-state index in [1.165, 1.54) is 5.56 Å². The Hall–Kier alpha value is -1.15. The highest BCUT2D eigenvalue weighted by molar-refractivity contribution is 5.88. The maximum atomic E-state index is 12.0. The van der Waals surface area contributed by atoms with Crippen LogP contribution in [-0.2, 0) is 10.2 Å². The summed E-state index contributed by atoms with van der Waals surface area (Å²) in [6.07, 6.45) is 1.89. The van der Waals surface area contributed by atoms with E-state index in [1.807, 2.05) is 32.0 Å². The van der Waals surface area contributed by atoms with Crippen LogP contribution in [0.5, 0.6) is 0 Å². The third kappa shape index (κ3) is 2.99. The van der Waals surface area contributed by atoms with E-state index in [9.17, 15) is 4.79 Å². The number of rotatable bonds is 2. The number of piperidine rings is 1. The van der Waals surface area contributed by atoms with Gasteiger partial charge in [-0.2, -0.15) is 0 Å². The van der Waals surface area contributed by atoms with Crippen molar-refractivity contribution < 1.29 is 4.79 Å². The lowest BCUT2D eigenvalue weighted by Crippen LogP contribution is -2.45. The molecular formula is C16H25NO. The minimum absolute atomic E-state index is 0.228.